The SMILES string of the molecule is NNc1cc([N+](=O)[O-])cc(-n2ncc3ccccc32)n1. The molecule has 2 heterocycles. The molecule has 3 rings (SSSR count). The highest BCUT2D eigenvalue weighted by atomic mass is 16.6. The van der Waals surface area contributed by atoms with Crippen LogP contribution in [0.1, 0.15) is 0 Å². The van der Waals surface area contributed by atoms with Gasteiger partial charge in [0.2, 0.25) is 0 Å². The van der Waals surface area contributed by atoms with Gasteiger partial charge < -0.3 is 5.43 Å². The fourth-order valence-electron chi connectivity index (χ4n) is 1.94. The van der Waals surface area contributed by atoms with Gasteiger partial charge in [-0.3, -0.25) is 10.1 Å². The number of rotatable bonds is 3. The molecule has 0 aliphatic heterocycles. The molecule has 0 bridgehead atoms. The maximum atomic E-state index is 10.9. The number of benzene rings is 1. The number of hydrazine groups is 1. The first-order chi connectivity index (χ1) is 9.69. The van der Waals surface area contributed by atoms with E-state index in [1.165, 1.54) is 16.8 Å². The number of pyridine rings is 1. The van der Waals surface area contributed by atoms with Gasteiger partial charge in [-0.2, -0.15) is 5.10 Å². The van der Waals surface area contributed by atoms with Gasteiger partial charge in [0.1, 0.15) is 5.82 Å². The summed E-state index contributed by atoms with van der Waals surface area (Å²) in [5, 5.41) is 16.1. The van der Waals surface area contributed by atoms with E-state index in [1.807, 2.05) is 24.3 Å². The quantitative estimate of drug-likeness (QED) is 0.425. The van der Waals surface area contributed by atoms with Crippen molar-refractivity contribution in [3.63, 3.8) is 0 Å². The Balaban J connectivity index is 2.23. The maximum absolute atomic E-state index is 10.9. The molecule has 1 aromatic carbocycles. The van der Waals surface area contributed by atoms with Crippen LogP contribution >= 0.6 is 0 Å². The number of nitrogen functional groups attached to an aromatic ring is 1. The predicted molar refractivity (Wildman–Crippen MR) is 73.3 cm³/mol. The van der Waals surface area contributed by atoms with E-state index in [9.17, 15) is 10.1 Å². The second-order valence-corrected chi connectivity index (χ2v) is 4.09. The number of nitrogens with two attached hydrogens (primary N) is 1. The van der Waals surface area contributed by atoms with Crippen LogP contribution in [0.3, 0.4) is 0 Å². The van der Waals surface area contributed by atoms with E-state index in [-0.39, 0.29) is 11.5 Å². The van der Waals surface area contributed by atoms with Crippen LogP contribution < -0.4 is 11.3 Å². The molecule has 0 aliphatic rings. The minimum absolute atomic E-state index is 0.109. The standard InChI is InChI=1S/C12H10N6O2/c13-16-11-5-9(18(19)20)6-12(15-11)17-10-4-2-1-3-8(10)7-14-17/h1-7H,13H2,(H,15,16). The Kier molecular flexibility index (Phi) is 2.77. The van der Waals surface area contributed by atoms with Crippen LogP contribution in [-0.4, -0.2) is 19.7 Å². The Morgan fingerprint density at radius 3 is 2.85 bits per heavy atom. The molecule has 2 aromatic heterocycles. The summed E-state index contributed by atoms with van der Waals surface area (Å²) in [7, 11) is 0. The van der Waals surface area contributed by atoms with E-state index in [4.69, 9.17) is 5.84 Å². The lowest BCUT2D eigenvalue weighted by atomic mass is 10.2. The van der Waals surface area contributed by atoms with Gasteiger partial charge in [-0.15, -0.1) is 0 Å². The molecule has 8 heteroatoms. The number of para-hydroxylation sites is 1. The molecule has 0 radical (unpaired) electrons. The third-order valence-corrected chi connectivity index (χ3v) is 2.85. The van der Waals surface area contributed by atoms with E-state index >= 15 is 0 Å². The third kappa shape index (κ3) is 1.93. The lowest BCUT2D eigenvalue weighted by Crippen LogP contribution is -2.11. The molecule has 100 valence electrons. The van der Waals surface area contributed by atoms with Crippen LogP contribution in [0.25, 0.3) is 16.7 Å². The van der Waals surface area contributed by atoms with Gasteiger partial charge in [-0.1, -0.05) is 18.2 Å². The van der Waals surface area contributed by atoms with E-state index in [0.29, 0.717) is 5.82 Å². The first-order valence-corrected chi connectivity index (χ1v) is 5.75. The minimum atomic E-state index is -0.502. The van der Waals surface area contributed by atoms with Crippen LogP contribution in [0.5, 0.6) is 0 Å². The van der Waals surface area contributed by atoms with E-state index in [0.717, 1.165) is 10.9 Å². The van der Waals surface area contributed by atoms with Crippen molar-refractivity contribution in [1.82, 2.24) is 14.8 Å². The van der Waals surface area contributed by atoms with Gasteiger partial charge in [-0.25, -0.2) is 15.5 Å². The van der Waals surface area contributed by atoms with Crippen molar-refractivity contribution in [2.75, 3.05) is 5.43 Å². The molecule has 0 aliphatic carbocycles. The molecule has 0 saturated heterocycles. The molecular formula is C12H10N6O2. The fraction of sp³-hybridized carbons (Fsp3) is 0. The zero-order chi connectivity index (χ0) is 14.1. The smallest absolute Gasteiger partial charge is 0.276 e. The first kappa shape index (κ1) is 12.1. The first-order valence-electron chi connectivity index (χ1n) is 5.75. The average Bonchev–Trinajstić information content (AvgIpc) is 2.90. The summed E-state index contributed by atoms with van der Waals surface area (Å²) >= 11 is 0. The third-order valence-electron chi connectivity index (χ3n) is 2.85. The molecule has 0 unspecified atom stereocenters. The van der Waals surface area contributed by atoms with E-state index in [2.05, 4.69) is 15.5 Å². The van der Waals surface area contributed by atoms with Crippen molar-refractivity contribution in [3.8, 4) is 5.82 Å². The van der Waals surface area contributed by atoms with Crippen molar-refractivity contribution >= 4 is 22.4 Å². The lowest BCUT2D eigenvalue weighted by molar-refractivity contribution is -0.384. The van der Waals surface area contributed by atoms with Crippen LogP contribution in [0.2, 0.25) is 0 Å². The highest BCUT2D eigenvalue weighted by Gasteiger charge is 2.14. The average molecular weight is 270 g/mol. The Labute approximate surface area is 113 Å². The number of hydrogen-bond acceptors (Lipinski definition) is 6. The highest BCUT2D eigenvalue weighted by Crippen LogP contribution is 2.22. The summed E-state index contributed by atoms with van der Waals surface area (Å²) in [5.41, 5.74) is 3.02. The molecule has 0 amide bonds. The van der Waals surface area contributed by atoms with Crippen molar-refractivity contribution in [2.45, 2.75) is 0 Å². The molecule has 0 atom stereocenters. The Hall–Kier alpha value is -3.00. The van der Waals surface area contributed by atoms with Gasteiger partial charge in [0.05, 0.1) is 28.8 Å². The largest absolute Gasteiger partial charge is 0.308 e. The van der Waals surface area contributed by atoms with Gasteiger partial charge in [0, 0.05) is 5.39 Å². The maximum Gasteiger partial charge on any atom is 0.276 e. The molecule has 8 nitrogen and oxygen atoms in total. The van der Waals surface area contributed by atoms with E-state index < -0.39 is 4.92 Å². The summed E-state index contributed by atoms with van der Waals surface area (Å²) in [6.45, 7) is 0. The number of nitrogens with zero attached hydrogens (tertiary/aromatic N) is 4. The van der Waals surface area contributed by atoms with Crippen molar-refractivity contribution in [2.24, 2.45) is 5.84 Å². The van der Waals surface area contributed by atoms with Gasteiger partial charge >= 0.3 is 0 Å². The minimum Gasteiger partial charge on any atom is -0.308 e. The van der Waals surface area contributed by atoms with Crippen molar-refractivity contribution in [3.05, 3.63) is 52.7 Å². The number of hydrogen-bond donors (Lipinski definition) is 2. The number of nitro groups is 1. The van der Waals surface area contributed by atoms with Gasteiger partial charge in [0.25, 0.3) is 5.69 Å². The number of anilines is 1. The summed E-state index contributed by atoms with van der Waals surface area (Å²) < 4.78 is 1.53. The van der Waals surface area contributed by atoms with Crippen molar-refractivity contribution < 1.29 is 4.92 Å². The summed E-state index contributed by atoms with van der Waals surface area (Å²) in [6.07, 6.45) is 1.67. The Morgan fingerprint density at radius 1 is 1.30 bits per heavy atom. The highest BCUT2D eigenvalue weighted by molar-refractivity contribution is 5.80. The summed E-state index contributed by atoms with van der Waals surface area (Å²) in [4.78, 5) is 14.6. The summed E-state index contributed by atoms with van der Waals surface area (Å²) in [5.74, 6) is 5.82. The predicted octanol–water partition coefficient (Wildman–Crippen LogP) is 1.61. The Morgan fingerprint density at radius 2 is 2.10 bits per heavy atom. The monoisotopic (exact) mass is 270 g/mol. The topological polar surface area (TPSA) is 112 Å². The zero-order valence-corrected chi connectivity index (χ0v) is 10.2. The zero-order valence-electron chi connectivity index (χ0n) is 10.2. The lowest BCUT2D eigenvalue weighted by Gasteiger charge is -2.05. The van der Waals surface area contributed by atoms with Crippen LogP contribution in [0, 0.1) is 10.1 Å². The van der Waals surface area contributed by atoms with Crippen LogP contribution in [0.4, 0.5) is 11.5 Å². The van der Waals surface area contributed by atoms with Crippen LogP contribution in [-0.2, 0) is 0 Å². The second kappa shape index (κ2) is 4.59. The molecule has 20 heavy (non-hydrogen) atoms. The number of nitrogens with one attached hydrogen (secondary N) is 1. The molecular weight excluding hydrogens is 260 g/mol. The Bertz CT molecular complexity index is 797. The number of aromatic nitrogens is 3. The molecule has 3 aromatic rings. The molecule has 0 spiro atoms. The molecule has 0 saturated carbocycles. The van der Waals surface area contributed by atoms with Crippen LogP contribution in [0.15, 0.2) is 42.6 Å². The molecule has 3 N–H and O–H groups in total. The summed E-state index contributed by atoms with van der Waals surface area (Å²) in [6, 6.07) is 10.1. The second-order valence-electron chi connectivity index (χ2n) is 4.09. The van der Waals surface area contributed by atoms with Crippen molar-refractivity contribution in [1.29, 1.82) is 0 Å². The number of fused-ring (bicyclic) bond motifs is 1. The fourth-order valence-corrected chi connectivity index (χ4v) is 1.94. The normalized spacial score (nSPS) is 10.7. The molecule has 0 fully saturated rings. The van der Waals surface area contributed by atoms with E-state index in [1.54, 1.807) is 6.20 Å². The van der Waals surface area contributed by atoms with Gasteiger partial charge in [0.15, 0.2) is 5.82 Å². The van der Waals surface area contributed by atoms with Gasteiger partial charge in [-0.05, 0) is 6.07 Å².